The molecule has 2 nitrogen and oxygen atoms in total. The van der Waals surface area contributed by atoms with Crippen molar-refractivity contribution in [2.24, 2.45) is 4.99 Å². The van der Waals surface area contributed by atoms with E-state index in [1.54, 1.807) is 0 Å². The molecule has 0 heterocycles. The summed E-state index contributed by atoms with van der Waals surface area (Å²) in [5.74, 6) is 0. The fourth-order valence-corrected chi connectivity index (χ4v) is 0.229. The molecular formula is C6H10N2. The Labute approximate surface area is 49.5 Å². The molecule has 0 saturated heterocycles. The van der Waals surface area contributed by atoms with Gasteiger partial charge in [-0.2, -0.15) is 0 Å². The molecule has 0 rings (SSSR count). The van der Waals surface area contributed by atoms with Gasteiger partial charge in [0.25, 0.3) is 0 Å². The molecule has 0 fully saturated rings. The van der Waals surface area contributed by atoms with Crippen molar-refractivity contribution >= 4 is 12.9 Å². The summed E-state index contributed by atoms with van der Waals surface area (Å²) in [7, 11) is 0. The quantitative estimate of drug-likeness (QED) is 0.524. The number of hydrogen-bond acceptors (Lipinski definition) is 2. The van der Waals surface area contributed by atoms with Gasteiger partial charge in [0.1, 0.15) is 0 Å². The fourth-order valence-electron chi connectivity index (χ4n) is 0.229. The lowest BCUT2D eigenvalue weighted by Crippen LogP contribution is -1.78. The standard InChI is InChI=1S/C6H10N2/c1-5(4-7)6(2)8-3/h4,7H,3H2,1-2H3/b6-5-,7-4?. The van der Waals surface area contributed by atoms with E-state index in [9.17, 15) is 0 Å². The zero-order chi connectivity index (χ0) is 6.57. The number of aliphatic imine (C=N–C) groups is 1. The zero-order valence-corrected chi connectivity index (χ0v) is 5.23. The summed E-state index contributed by atoms with van der Waals surface area (Å²) in [6, 6.07) is 0. The summed E-state index contributed by atoms with van der Waals surface area (Å²) >= 11 is 0. The van der Waals surface area contributed by atoms with Crippen molar-refractivity contribution in [1.29, 1.82) is 5.41 Å². The van der Waals surface area contributed by atoms with E-state index in [1.807, 2.05) is 13.8 Å². The number of nitrogens with zero attached hydrogens (tertiary/aromatic N) is 1. The Bertz CT molecular complexity index is 117. The van der Waals surface area contributed by atoms with Gasteiger partial charge < -0.3 is 5.41 Å². The molecule has 0 aliphatic heterocycles. The van der Waals surface area contributed by atoms with Crippen LogP contribution in [-0.2, 0) is 0 Å². The average molecular weight is 110 g/mol. The highest BCUT2D eigenvalue weighted by atomic mass is 14.7. The average Bonchev–Trinajstić information content (AvgIpc) is 1.84. The van der Waals surface area contributed by atoms with Crippen molar-refractivity contribution in [2.75, 3.05) is 0 Å². The highest BCUT2D eigenvalue weighted by molar-refractivity contribution is 5.75. The highest BCUT2D eigenvalue weighted by Crippen LogP contribution is 1.98. The number of rotatable bonds is 2. The minimum absolute atomic E-state index is 0.819. The van der Waals surface area contributed by atoms with Gasteiger partial charge in [0.2, 0.25) is 0 Å². The van der Waals surface area contributed by atoms with Crippen molar-refractivity contribution in [1.82, 2.24) is 0 Å². The Morgan fingerprint density at radius 3 is 2.25 bits per heavy atom. The summed E-state index contributed by atoms with van der Waals surface area (Å²) in [4.78, 5) is 3.64. The first-order valence-corrected chi connectivity index (χ1v) is 2.37. The number of nitrogens with one attached hydrogen (secondary N) is 1. The molecule has 0 aliphatic carbocycles. The van der Waals surface area contributed by atoms with Crippen molar-refractivity contribution in [3.8, 4) is 0 Å². The minimum Gasteiger partial charge on any atom is -0.308 e. The lowest BCUT2D eigenvalue weighted by atomic mass is 10.3. The van der Waals surface area contributed by atoms with E-state index in [-0.39, 0.29) is 0 Å². The van der Waals surface area contributed by atoms with Gasteiger partial charge in [-0.15, -0.1) is 0 Å². The van der Waals surface area contributed by atoms with Gasteiger partial charge in [0.15, 0.2) is 0 Å². The van der Waals surface area contributed by atoms with Crippen LogP contribution in [0.25, 0.3) is 0 Å². The van der Waals surface area contributed by atoms with Crippen molar-refractivity contribution in [2.45, 2.75) is 13.8 Å². The maximum absolute atomic E-state index is 6.77. The summed E-state index contributed by atoms with van der Waals surface area (Å²) in [5, 5.41) is 6.77. The fraction of sp³-hybridized carbons (Fsp3) is 0.333. The summed E-state index contributed by atoms with van der Waals surface area (Å²) in [6.45, 7) is 6.98. The zero-order valence-electron chi connectivity index (χ0n) is 5.23. The normalized spacial score (nSPS) is 12.2. The molecule has 0 radical (unpaired) electrons. The van der Waals surface area contributed by atoms with Crippen LogP contribution in [0.15, 0.2) is 16.3 Å². The van der Waals surface area contributed by atoms with Gasteiger partial charge in [-0.05, 0) is 26.1 Å². The number of allylic oxidation sites excluding steroid dienone is 2. The van der Waals surface area contributed by atoms with Crippen LogP contribution in [0.1, 0.15) is 13.8 Å². The van der Waals surface area contributed by atoms with Crippen LogP contribution in [-0.4, -0.2) is 12.9 Å². The van der Waals surface area contributed by atoms with Crippen molar-refractivity contribution in [3.63, 3.8) is 0 Å². The lowest BCUT2D eigenvalue weighted by molar-refractivity contribution is 1.27. The molecule has 2 heteroatoms. The summed E-state index contributed by atoms with van der Waals surface area (Å²) < 4.78 is 0. The molecular weight excluding hydrogens is 100 g/mol. The molecule has 8 heavy (non-hydrogen) atoms. The maximum atomic E-state index is 6.77. The Balaban J connectivity index is 4.25. The predicted molar refractivity (Wildman–Crippen MR) is 36.7 cm³/mol. The maximum Gasteiger partial charge on any atom is 0.0409 e. The Morgan fingerprint density at radius 1 is 1.62 bits per heavy atom. The first-order valence-electron chi connectivity index (χ1n) is 2.37. The van der Waals surface area contributed by atoms with E-state index in [2.05, 4.69) is 11.7 Å². The van der Waals surface area contributed by atoms with Crippen LogP contribution in [0.5, 0.6) is 0 Å². The topological polar surface area (TPSA) is 36.2 Å². The smallest absolute Gasteiger partial charge is 0.0409 e. The molecule has 0 spiro atoms. The van der Waals surface area contributed by atoms with Crippen LogP contribution >= 0.6 is 0 Å². The monoisotopic (exact) mass is 110 g/mol. The third kappa shape index (κ3) is 1.69. The third-order valence-corrected chi connectivity index (χ3v) is 1.02. The Kier molecular flexibility index (Phi) is 2.77. The van der Waals surface area contributed by atoms with E-state index in [0.717, 1.165) is 11.3 Å². The summed E-state index contributed by atoms with van der Waals surface area (Å²) in [6.07, 6.45) is 1.27. The van der Waals surface area contributed by atoms with Crippen LogP contribution in [0.4, 0.5) is 0 Å². The second-order valence-corrected chi connectivity index (χ2v) is 1.57. The predicted octanol–water partition coefficient (Wildman–Crippen LogP) is 1.63. The molecule has 0 aromatic carbocycles. The largest absolute Gasteiger partial charge is 0.308 e. The van der Waals surface area contributed by atoms with Gasteiger partial charge >= 0.3 is 0 Å². The molecule has 0 bridgehead atoms. The second-order valence-electron chi connectivity index (χ2n) is 1.57. The van der Waals surface area contributed by atoms with Gasteiger partial charge in [-0.1, -0.05) is 0 Å². The van der Waals surface area contributed by atoms with E-state index < -0.39 is 0 Å². The lowest BCUT2D eigenvalue weighted by Gasteiger charge is -1.90. The molecule has 1 N–H and O–H groups in total. The van der Waals surface area contributed by atoms with Gasteiger partial charge in [0.05, 0.1) is 0 Å². The van der Waals surface area contributed by atoms with E-state index in [1.165, 1.54) is 6.21 Å². The highest BCUT2D eigenvalue weighted by Gasteiger charge is 1.85. The molecule has 0 unspecified atom stereocenters. The van der Waals surface area contributed by atoms with E-state index >= 15 is 0 Å². The SMILES string of the molecule is C=N/C(C)=C(/C)C=N. The Morgan fingerprint density at radius 2 is 2.12 bits per heavy atom. The molecule has 0 saturated carbocycles. The van der Waals surface area contributed by atoms with Crippen LogP contribution in [0.2, 0.25) is 0 Å². The molecule has 0 aliphatic rings. The van der Waals surface area contributed by atoms with Gasteiger partial charge in [-0.3, -0.25) is 4.99 Å². The molecule has 0 atom stereocenters. The van der Waals surface area contributed by atoms with E-state index in [4.69, 9.17) is 5.41 Å². The van der Waals surface area contributed by atoms with Crippen LogP contribution < -0.4 is 0 Å². The Hall–Kier alpha value is -0.920. The van der Waals surface area contributed by atoms with Crippen LogP contribution in [0.3, 0.4) is 0 Å². The van der Waals surface area contributed by atoms with Crippen molar-refractivity contribution in [3.05, 3.63) is 11.3 Å². The molecule has 0 aromatic rings. The van der Waals surface area contributed by atoms with Gasteiger partial charge in [0, 0.05) is 11.9 Å². The van der Waals surface area contributed by atoms with Crippen LogP contribution in [0, 0.1) is 5.41 Å². The molecule has 0 amide bonds. The first-order chi connectivity index (χ1) is 3.72. The van der Waals surface area contributed by atoms with Crippen molar-refractivity contribution < 1.29 is 0 Å². The molecule has 0 aromatic heterocycles. The van der Waals surface area contributed by atoms with Gasteiger partial charge in [-0.25, -0.2) is 0 Å². The second kappa shape index (κ2) is 3.13. The van der Waals surface area contributed by atoms with E-state index in [0.29, 0.717) is 0 Å². The number of hydrogen-bond donors (Lipinski definition) is 1. The first kappa shape index (κ1) is 7.08. The third-order valence-electron chi connectivity index (χ3n) is 1.02. The molecule has 44 valence electrons. The summed E-state index contributed by atoms with van der Waals surface area (Å²) in [5.41, 5.74) is 1.68. The minimum atomic E-state index is 0.819.